The van der Waals surface area contributed by atoms with Crippen LogP contribution in [0.3, 0.4) is 0 Å². The Bertz CT molecular complexity index is 535. The maximum atomic E-state index is 6.49. The third-order valence-corrected chi connectivity index (χ3v) is 6.39. The van der Waals surface area contributed by atoms with Gasteiger partial charge in [-0.1, -0.05) is 23.2 Å². The highest BCUT2D eigenvalue weighted by molar-refractivity contribution is 7.20. The number of thiophene rings is 2. The summed E-state index contributed by atoms with van der Waals surface area (Å²) < 4.78 is 1.39. The number of hydrogen-bond donors (Lipinski definition) is 0. The highest BCUT2D eigenvalue weighted by Gasteiger charge is 2.22. The second-order valence-corrected chi connectivity index (χ2v) is 7.98. The van der Waals surface area contributed by atoms with Crippen LogP contribution in [0.1, 0.15) is 32.7 Å². The fourth-order valence-corrected chi connectivity index (χ4v) is 5.43. The summed E-state index contributed by atoms with van der Waals surface area (Å²) in [6.07, 6.45) is 3.66. The third-order valence-electron chi connectivity index (χ3n) is 2.97. The summed E-state index contributed by atoms with van der Waals surface area (Å²) in [5, 5.41) is -0.165. The van der Waals surface area contributed by atoms with Crippen LogP contribution in [0.4, 0.5) is 0 Å². The van der Waals surface area contributed by atoms with Crippen LogP contribution in [-0.2, 0) is 12.8 Å². The molecule has 0 spiro atoms. The Morgan fingerprint density at radius 2 is 1.94 bits per heavy atom. The van der Waals surface area contributed by atoms with Gasteiger partial charge in [-0.3, -0.25) is 0 Å². The van der Waals surface area contributed by atoms with Crippen LogP contribution in [0.15, 0.2) is 12.1 Å². The van der Waals surface area contributed by atoms with Crippen LogP contribution in [-0.4, -0.2) is 0 Å². The molecule has 1 unspecified atom stereocenters. The van der Waals surface area contributed by atoms with Gasteiger partial charge in [-0.05, 0) is 37.0 Å². The highest BCUT2D eigenvalue weighted by Crippen LogP contribution is 2.44. The minimum atomic E-state index is -0.165. The molecule has 5 heteroatoms. The van der Waals surface area contributed by atoms with E-state index in [1.54, 1.807) is 0 Å². The molecule has 0 nitrogen and oxygen atoms in total. The monoisotopic (exact) mass is 322 g/mol. The molecule has 0 fully saturated rings. The highest BCUT2D eigenvalue weighted by atomic mass is 35.5. The summed E-state index contributed by atoms with van der Waals surface area (Å²) in [4.78, 5) is 2.68. The van der Waals surface area contributed by atoms with E-state index in [-0.39, 0.29) is 5.38 Å². The standard InChI is InChI=1S/C12H9Cl3S2/c13-10-5-7(12(15)17-10)11(14)9-4-6-2-1-3-8(6)16-9/h4-5,11H,1-3H2. The third kappa shape index (κ3) is 2.26. The summed E-state index contributed by atoms with van der Waals surface area (Å²) in [6, 6.07) is 4.10. The van der Waals surface area contributed by atoms with E-state index >= 15 is 0 Å². The first-order valence-corrected chi connectivity index (χ1v) is 8.18. The molecule has 2 aromatic rings. The molecule has 90 valence electrons. The second kappa shape index (κ2) is 4.75. The molecular formula is C12H9Cl3S2. The molecule has 2 aromatic heterocycles. The van der Waals surface area contributed by atoms with Crippen molar-refractivity contribution < 1.29 is 0 Å². The van der Waals surface area contributed by atoms with E-state index in [0.717, 1.165) is 5.56 Å². The fraction of sp³-hybridized carbons (Fsp3) is 0.333. The van der Waals surface area contributed by atoms with E-state index in [4.69, 9.17) is 34.8 Å². The number of halogens is 3. The van der Waals surface area contributed by atoms with E-state index in [1.165, 1.54) is 45.9 Å². The molecular weight excluding hydrogens is 315 g/mol. The van der Waals surface area contributed by atoms with Crippen LogP contribution >= 0.6 is 57.5 Å². The van der Waals surface area contributed by atoms with Crippen molar-refractivity contribution in [2.75, 3.05) is 0 Å². The Hall–Kier alpha value is 0.270. The van der Waals surface area contributed by atoms with Crippen molar-refractivity contribution >= 4 is 57.5 Å². The summed E-state index contributed by atoms with van der Waals surface area (Å²) in [7, 11) is 0. The van der Waals surface area contributed by atoms with Gasteiger partial charge in [-0.15, -0.1) is 34.3 Å². The lowest BCUT2D eigenvalue weighted by atomic mass is 10.2. The van der Waals surface area contributed by atoms with E-state index in [9.17, 15) is 0 Å². The molecule has 0 radical (unpaired) electrons. The van der Waals surface area contributed by atoms with E-state index in [0.29, 0.717) is 8.67 Å². The van der Waals surface area contributed by atoms with Crippen LogP contribution in [0, 0.1) is 0 Å². The Morgan fingerprint density at radius 3 is 2.59 bits per heavy atom. The number of hydrogen-bond acceptors (Lipinski definition) is 2. The van der Waals surface area contributed by atoms with Crippen molar-refractivity contribution in [3.63, 3.8) is 0 Å². The number of aryl methyl sites for hydroxylation is 2. The first kappa shape index (κ1) is 12.3. The van der Waals surface area contributed by atoms with E-state index in [1.807, 2.05) is 17.4 Å². The Kier molecular flexibility index (Phi) is 3.44. The van der Waals surface area contributed by atoms with Gasteiger partial charge in [0.25, 0.3) is 0 Å². The Labute approximate surface area is 123 Å². The van der Waals surface area contributed by atoms with Crippen molar-refractivity contribution in [1.82, 2.24) is 0 Å². The average Bonchev–Trinajstić information content (AvgIpc) is 2.90. The lowest BCUT2D eigenvalue weighted by Crippen LogP contribution is -1.88. The predicted octanol–water partition coefficient (Wildman–Crippen LogP) is 5.93. The van der Waals surface area contributed by atoms with E-state index in [2.05, 4.69) is 6.07 Å². The molecule has 3 rings (SSSR count). The van der Waals surface area contributed by atoms with Crippen molar-refractivity contribution in [3.05, 3.63) is 41.7 Å². The average molecular weight is 324 g/mol. The van der Waals surface area contributed by atoms with Crippen LogP contribution in [0.5, 0.6) is 0 Å². The van der Waals surface area contributed by atoms with Gasteiger partial charge in [0.05, 0.1) is 14.0 Å². The molecule has 0 saturated carbocycles. The quantitative estimate of drug-likeness (QED) is 0.600. The molecule has 0 bridgehead atoms. The Morgan fingerprint density at radius 1 is 1.12 bits per heavy atom. The van der Waals surface area contributed by atoms with E-state index < -0.39 is 0 Å². The molecule has 0 saturated heterocycles. The van der Waals surface area contributed by atoms with Crippen molar-refractivity contribution in [1.29, 1.82) is 0 Å². The topological polar surface area (TPSA) is 0 Å². The fourth-order valence-electron chi connectivity index (χ4n) is 2.16. The summed E-state index contributed by atoms with van der Waals surface area (Å²) in [6.45, 7) is 0. The maximum absolute atomic E-state index is 6.49. The van der Waals surface area contributed by atoms with Crippen LogP contribution in [0.25, 0.3) is 0 Å². The predicted molar refractivity (Wildman–Crippen MR) is 78.4 cm³/mol. The normalized spacial score (nSPS) is 16.2. The van der Waals surface area contributed by atoms with Gasteiger partial charge in [0.15, 0.2) is 0 Å². The number of alkyl halides is 1. The molecule has 1 aliphatic carbocycles. The summed E-state index contributed by atoms with van der Waals surface area (Å²) >= 11 is 21.8. The van der Waals surface area contributed by atoms with Crippen LogP contribution in [0.2, 0.25) is 8.67 Å². The molecule has 0 aliphatic heterocycles. The largest absolute Gasteiger partial charge is 0.143 e. The lowest BCUT2D eigenvalue weighted by Gasteiger charge is -2.05. The second-order valence-electron chi connectivity index (χ2n) is 4.09. The van der Waals surface area contributed by atoms with Crippen molar-refractivity contribution in [2.45, 2.75) is 24.6 Å². The molecule has 17 heavy (non-hydrogen) atoms. The van der Waals surface area contributed by atoms with Crippen molar-refractivity contribution in [2.24, 2.45) is 0 Å². The lowest BCUT2D eigenvalue weighted by molar-refractivity contribution is 0.913. The van der Waals surface area contributed by atoms with Crippen LogP contribution < -0.4 is 0 Å². The smallest absolute Gasteiger partial charge is 0.0994 e. The minimum absolute atomic E-state index is 0.165. The summed E-state index contributed by atoms with van der Waals surface area (Å²) in [5.74, 6) is 0. The molecule has 1 atom stereocenters. The molecule has 1 aliphatic rings. The number of fused-ring (bicyclic) bond motifs is 1. The molecule has 2 heterocycles. The van der Waals surface area contributed by atoms with Gasteiger partial charge in [0, 0.05) is 15.3 Å². The van der Waals surface area contributed by atoms with Gasteiger partial charge in [-0.25, -0.2) is 0 Å². The van der Waals surface area contributed by atoms with Gasteiger partial charge < -0.3 is 0 Å². The zero-order valence-corrected chi connectivity index (χ0v) is 12.7. The molecule has 0 amide bonds. The van der Waals surface area contributed by atoms with Gasteiger partial charge in [-0.2, -0.15) is 0 Å². The maximum Gasteiger partial charge on any atom is 0.0994 e. The minimum Gasteiger partial charge on any atom is -0.143 e. The molecule has 0 aromatic carbocycles. The summed E-state index contributed by atoms with van der Waals surface area (Å²) in [5.41, 5.74) is 2.40. The SMILES string of the molecule is Clc1cc(C(Cl)c2cc3c(s2)CCC3)c(Cl)s1. The molecule has 0 N–H and O–H groups in total. The van der Waals surface area contributed by atoms with Gasteiger partial charge >= 0.3 is 0 Å². The first-order chi connectivity index (χ1) is 8.15. The zero-order chi connectivity index (χ0) is 12.0. The first-order valence-electron chi connectivity index (χ1n) is 5.35. The van der Waals surface area contributed by atoms with Gasteiger partial charge in [0.2, 0.25) is 0 Å². The number of rotatable bonds is 2. The zero-order valence-electron chi connectivity index (χ0n) is 8.80. The van der Waals surface area contributed by atoms with Crippen molar-refractivity contribution in [3.8, 4) is 0 Å². The Balaban J connectivity index is 1.95. The van der Waals surface area contributed by atoms with Gasteiger partial charge in [0.1, 0.15) is 0 Å².